The Labute approximate surface area is 150 Å². The Morgan fingerprint density at radius 2 is 1.69 bits per heavy atom. The van der Waals surface area contributed by atoms with Gasteiger partial charge in [0.25, 0.3) is 5.91 Å². The van der Waals surface area contributed by atoms with Crippen LogP contribution >= 0.6 is 0 Å². The van der Waals surface area contributed by atoms with E-state index >= 15 is 0 Å². The second-order valence-corrected chi connectivity index (χ2v) is 5.96. The van der Waals surface area contributed by atoms with Crippen LogP contribution in [0.5, 0.6) is 0 Å². The van der Waals surface area contributed by atoms with Crippen LogP contribution in [-0.4, -0.2) is 20.9 Å². The summed E-state index contributed by atoms with van der Waals surface area (Å²) in [6.45, 7) is 2.79. The lowest BCUT2D eigenvalue weighted by molar-refractivity contribution is 0.0946. The third-order valence-corrected chi connectivity index (χ3v) is 4.12. The highest BCUT2D eigenvalue weighted by Crippen LogP contribution is 2.12. The first-order chi connectivity index (χ1) is 12.6. The van der Waals surface area contributed by atoms with E-state index in [0.717, 1.165) is 17.5 Å². The molecule has 0 spiro atoms. The van der Waals surface area contributed by atoms with Crippen molar-refractivity contribution in [3.8, 4) is 0 Å². The van der Waals surface area contributed by atoms with Crippen LogP contribution in [0.2, 0.25) is 0 Å². The molecule has 1 aromatic heterocycles. The topological polar surface area (TPSA) is 85.8 Å². The molecule has 0 atom stereocenters. The lowest BCUT2D eigenvalue weighted by atomic mass is 10.1. The summed E-state index contributed by atoms with van der Waals surface area (Å²) in [7, 11) is 0. The Morgan fingerprint density at radius 1 is 1.08 bits per heavy atom. The van der Waals surface area contributed by atoms with Gasteiger partial charge in [-0.05, 0) is 35.2 Å². The minimum absolute atomic E-state index is 0.0808. The normalized spacial score (nSPS) is 10.7. The van der Waals surface area contributed by atoms with Crippen LogP contribution < -0.4 is 11.1 Å². The average Bonchev–Trinajstić information content (AvgIpc) is 3.02. The van der Waals surface area contributed by atoms with Crippen molar-refractivity contribution in [3.63, 3.8) is 0 Å². The van der Waals surface area contributed by atoms with Crippen LogP contribution in [0.15, 0.2) is 48.5 Å². The zero-order chi connectivity index (χ0) is 18.5. The Hall–Kier alpha value is -3.22. The van der Waals surface area contributed by atoms with Gasteiger partial charge in [0, 0.05) is 6.54 Å². The average molecular weight is 353 g/mol. The molecule has 3 N–H and O–H groups in total. The fraction of sp³-hybridized carbons (Fsp3) is 0.211. The number of carbonyl (C=O) groups excluding carboxylic acids is 1. The standard InChI is InChI=1S/C19H20FN5O/c1-2-13-3-5-15(6-4-13)12-25-18(21)17(23-24-25)19(26)22-11-14-7-9-16(20)10-8-14/h3-10H,2,11-12,21H2,1H3,(H,22,26). The third-order valence-electron chi connectivity index (χ3n) is 4.12. The number of aromatic nitrogens is 3. The zero-order valence-electron chi connectivity index (χ0n) is 14.4. The lowest BCUT2D eigenvalue weighted by Gasteiger charge is -2.06. The number of hydrogen-bond donors (Lipinski definition) is 2. The van der Waals surface area contributed by atoms with Gasteiger partial charge >= 0.3 is 0 Å². The molecule has 0 bridgehead atoms. The molecule has 26 heavy (non-hydrogen) atoms. The van der Waals surface area contributed by atoms with Crippen LogP contribution in [-0.2, 0) is 19.5 Å². The third kappa shape index (κ3) is 4.05. The first kappa shape index (κ1) is 17.6. The number of nitrogens with zero attached hydrogens (tertiary/aromatic N) is 3. The number of nitrogens with two attached hydrogens (primary N) is 1. The van der Waals surface area contributed by atoms with E-state index in [1.165, 1.54) is 22.4 Å². The molecule has 0 unspecified atom stereocenters. The molecule has 6 nitrogen and oxygen atoms in total. The van der Waals surface area contributed by atoms with Gasteiger partial charge in [-0.3, -0.25) is 4.79 Å². The molecule has 3 aromatic rings. The summed E-state index contributed by atoms with van der Waals surface area (Å²) in [6.07, 6.45) is 0.976. The number of amides is 1. The molecule has 3 rings (SSSR count). The van der Waals surface area contributed by atoms with E-state index in [-0.39, 0.29) is 23.9 Å². The quantitative estimate of drug-likeness (QED) is 0.713. The number of benzene rings is 2. The van der Waals surface area contributed by atoms with E-state index in [0.29, 0.717) is 6.54 Å². The maximum Gasteiger partial charge on any atom is 0.275 e. The van der Waals surface area contributed by atoms with Crippen molar-refractivity contribution in [1.29, 1.82) is 0 Å². The van der Waals surface area contributed by atoms with Crippen molar-refractivity contribution >= 4 is 11.7 Å². The summed E-state index contributed by atoms with van der Waals surface area (Å²) in [5, 5.41) is 10.6. The van der Waals surface area contributed by atoms with Gasteiger partial charge in [-0.2, -0.15) is 0 Å². The molecule has 0 saturated heterocycles. The Bertz CT molecular complexity index is 887. The Balaban J connectivity index is 1.65. The highest BCUT2D eigenvalue weighted by molar-refractivity contribution is 5.96. The van der Waals surface area contributed by atoms with Crippen LogP contribution in [0.4, 0.5) is 10.2 Å². The second-order valence-electron chi connectivity index (χ2n) is 5.96. The highest BCUT2D eigenvalue weighted by Gasteiger charge is 2.17. The molecule has 0 radical (unpaired) electrons. The van der Waals surface area contributed by atoms with Gasteiger partial charge < -0.3 is 11.1 Å². The number of rotatable bonds is 6. The SMILES string of the molecule is CCc1ccc(Cn2nnc(C(=O)NCc3ccc(F)cc3)c2N)cc1. The van der Waals surface area contributed by atoms with Crippen molar-refractivity contribution in [3.05, 3.63) is 76.7 Å². The maximum absolute atomic E-state index is 12.9. The van der Waals surface area contributed by atoms with Crippen molar-refractivity contribution in [1.82, 2.24) is 20.3 Å². The van der Waals surface area contributed by atoms with Crippen molar-refractivity contribution < 1.29 is 9.18 Å². The van der Waals surface area contributed by atoms with Gasteiger partial charge in [-0.1, -0.05) is 48.5 Å². The number of carbonyl (C=O) groups is 1. The summed E-state index contributed by atoms with van der Waals surface area (Å²) in [6, 6.07) is 14.0. The molecule has 134 valence electrons. The summed E-state index contributed by atoms with van der Waals surface area (Å²) in [4.78, 5) is 12.3. The lowest BCUT2D eigenvalue weighted by Crippen LogP contribution is -2.24. The van der Waals surface area contributed by atoms with Crippen molar-refractivity contribution in [2.75, 3.05) is 5.73 Å². The van der Waals surface area contributed by atoms with E-state index in [4.69, 9.17) is 5.73 Å². The fourth-order valence-electron chi connectivity index (χ4n) is 2.52. The molecule has 0 saturated carbocycles. The zero-order valence-corrected chi connectivity index (χ0v) is 14.4. The highest BCUT2D eigenvalue weighted by atomic mass is 19.1. The molecule has 7 heteroatoms. The van der Waals surface area contributed by atoms with E-state index in [1.807, 2.05) is 12.1 Å². The number of aryl methyl sites for hydroxylation is 1. The van der Waals surface area contributed by atoms with Gasteiger partial charge in [0.2, 0.25) is 0 Å². The van der Waals surface area contributed by atoms with Crippen LogP contribution in [0.25, 0.3) is 0 Å². The van der Waals surface area contributed by atoms with Crippen LogP contribution in [0.3, 0.4) is 0 Å². The number of hydrogen-bond acceptors (Lipinski definition) is 4. The molecule has 0 aliphatic rings. The first-order valence-corrected chi connectivity index (χ1v) is 8.36. The Morgan fingerprint density at radius 3 is 2.35 bits per heavy atom. The number of nitrogens with one attached hydrogen (secondary N) is 1. The van der Waals surface area contributed by atoms with E-state index < -0.39 is 5.91 Å². The molecule has 0 aliphatic carbocycles. The minimum Gasteiger partial charge on any atom is -0.382 e. The largest absolute Gasteiger partial charge is 0.382 e. The molecule has 1 amide bonds. The second kappa shape index (κ2) is 7.77. The smallest absolute Gasteiger partial charge is 0.275 e. The monoisotopic (exact) mass is 353 g/mol. The van der Waals surface area contributed by atoms with E-state index in [2.05, 4.69) is 34.7 Å². The summed E-state index contributed by atoms with van der Waals surface area (Å²) in [5.41, 5.74) is 9.16. The van der Waals surface area contributed by atoms with E-state index in [1.54, 1.807) is 12.1 Å². The summed E-state index contributed by atoms with van der Waals surface area (Å²) < 4.78 is 14.4. The van der Waals surface area contributed by atoms with Gasteiger partial charge in [-0.25, -0.2) is 9.07 Å². The molecular weight excluding hydrogens is 333 g/mol. The predicted molar refractivity (Wildman–Crippen MR) is 96.9 cm³/mol. The minimum atomic E-state index is -0.417. The van der Waals surface area contributed by atoms with Crippen LogP contribution in [0.1, 0.15) is 34.1 Å². The van der Waals surface area contributed by atoms with Gasteiger partial charge in [0.1, 0.15) is 5.82 Å². The van der Waals surface area contributed by atoms with Gasteiger partial charge in [0.15, 0.2) is 11.5 Å². The van der Waals surface area contributed by atoms with Crippen LogP contribution in [0, 0.1) is 5.82 Å². The summed E-state index contributed by atoms with van der Waals surface area (Å²) >= 11 is 0. The van der Waals surface area contributed by atoms with Crippen molar-refractivity contribution in [2.24, 2.45) is 0 Å². The van der Waals surface area contributed by atoms with Gasteiger partial charge in [0.05, 0.1) is 6.54 Å². The molecule has 0 fully saturated rings. The summed E-state index contributed by atoms with van der Waals surface area (Å²) in [5.74, 6) is -0.528. The van der Waals surface area contributed by atoms with Crippen molar-refractivity contribution in [2.45, 2.75) is 26.4 Å². The molecular formula is C19H20FN5O. The number of nitrogen functional groups attached to an aromatic ring is 1. The predicted octanol–water partition coefficient (Wildman–Crippen LogP) is 2.54. The van der Waals surface area contributed by atoms with E-state index in [9.17, 15) is 9.18 Å². The molecule has 2 aromatic carbocycles. The maximum atomic E-state index is 12.9. The van der Waals surface area contributed by atoms with Gasteiger partial charge in [-0.15, -0.1) is 5.10 Å². The Kier molecular flexibility index (Phi) is 5.26. The number of halogens is 1. The molecule has 0 aliphatic heterocycles. The molecule has 1 heterocycles. The fourth-order valence-corrected chi connectivity index (χ4v) is 2.52. The first-order valence-electron chi connectivity index (χ1n) is 8.36. The number of anilines is 1.